The summed E-state index contributed by atoms with van der Waals surface area (Å²) < 4.78 is 7.79. The van der Waals surface area contributed by atoms with Crippen LogP contribution in [0.3, 0.4) is 0 Å². The average molecular weight is 391 g/mol. The van der Waals surface area contributed by atoms with Crippen molar-refractivity contribution in [3.05, 3.63) is 49.0 Å². The van der Waals surface area contributed by atoms with Crippen LogP contribution >= 0.6 is 43.2 Å². The van der Waals surface area contributed by atoms with E-state index in [2.05, 4.69) is 49.3 Å². The molecular weight excluding hydrogens is 378 g/mol. The Morgan fingerprint density at radius 3 is 2.67 bits per heavy atom. The first-order valence-electron chi connectivity index (χ1n) is 5.49. The lowest BCUT2D eigenvalue weighted by Gasteiger charge is -2.07. The molecule has 2 rings (SSSR count). The fraction of sp³-hybridized carbons (Fsp3) is 0.231. The van der Waals surface area contributed by atoms with Crippen LogP contribution in [0.5, 0.6) is 5.75 Å². The van der Waals surface area contributed by atoms with Crippen molar-refractivity contribution in [2.24, 2.45) is 0 Å². The normalized spacial score (nSPS) is 10.6. The van der Waals surface area contributed by atoms with Crippen molar-refractivity contribution < 1.29 is 4.74 Å². The molecule has 0 saturated carbocycles. The van der Waals surface area contributed by atoms with Gasteiger partial charge in [0, 0.05) is 20.8 Å². The number of hydrogen-bond donors (Lipinski definition) is 1. The fourth-order valence-electron chi connectivity index (χ4n) is 1.51. The summed E-state index contributed by atoms with van der Waals surface area (Å²) in [5.41, 5.74) is 0. The molecule has 1 N–H and O–H groups in total. The van der Waals surface area contributed by atoms with Crippen molar-refractivity contribution in [2.75, 3.05) is 7.05 Å². The van der Waals surface area contributed by atoms with Crippen molar-refractivity contribution in [2.45, 2.75) is 13.2 Å². The number of rotatable bonds is 5. The van der Waals surface area contributed by atoms with Crippen LogP contribution in [0.2, 0.25) is 0 Å². The van der Waals surface area contributed by atoms with Gasteiger partial charge in [0.2, 0.25) is 0 Å². The zero-order valence-electron chi connectivity index (χ0n) is 9.87. The molecule has 0 aliphatic heterocycles. The number of halogens is 2. The Bertz CT molecular complexity index is 527. The summed E-state index contributed by atoms with van der Waals surface area (Å²) in [7, 11) is 1.95. The summed E-state index contributed by atoms with van der Waals surface area (Å²) in [6, 6.07) is 10.2. The smallest absolute Gasteiger partial charge is 0.134 e. The molecule has 1 aromatic heterocycles. The van der Waals surface area contributed by atoms with E-state index in [1.807, 2.05) is 25.2 Å². The summed E-state index contributed by atoms with van der Waals surface area (Å²) in [5.74, 6) is 0.863. The molecule has 1 heterocycles. The van der Waals surface area contributed by atoms with Gasteiger partial charge in [0.15, 0.2) is 0 Å². The first-order valence-corrected chi connectivity index (χ1v) is 7.89. The lowest BCUT2D eigenvalue weighted by molar-refractivity contribution is 0.308. The van der Waals surface area contributed by atoms with Gasteiger partial charge in [0.1, 0.15) is 12.4 Å². The van der Waals surface area contributed by atoms with Gasteiger partial charge in [-0.3, -0.25) is 0 Å². The summed E-state index contributed by atoms with van der Waals surface area (Å²) >= 11 is 8.69. The number of nitrogens with one attached hydrogen (secondary N) is 1. The molecule has 0 radical (unpaired) electrons. The van der Waals surface area contributed by atoms with Gasteiger partial charge in [0.05, 0.1) is 4.47 Å². The van der Waals surface area contributed by atoms with E-state index in [0.717, 1.165) is 21.2 Å². The van der Waals surface area contributed by atoms with Crippen LogP contribution < -0.4 is 10.1 Å². The van der Waals surface area contributed by atoms with Gasteiger partial charge in [-0.15, -0.1) is 11.3 Å². The molecule has 0 spiro atoms. The van der Waals surface area contributed by atoms with Crippen molar-refractivity contribution in [1.82, 2.24) is 5.32 Å². The fourth-order valence-corrected chi connectivity index (χ4v) is 3.62. The second-order valence-corrected chi connectivity index (χ2v) is 6.78. The van der Waals surface area contributed by atoms with Gasteiger partial charge in [0.25, 0.3) is 0 Å². The Hall–Kier alpha value is -0.360. The highest BCUT2D eigenvalue weighted by Gasteiger charge is 2.04. The second kappa shape index (κ2) is 6.70. The number of ether oxygens (including phenoxy) is 1. The van der Waals surface area contributed by atoms with Crippen LogP contribution in [0.15, 0.2) is 39.3 Å². The van der Waals surface area contributed by atoms with Crippen LogP contribution in [0.1, 0.15) is 9.75 Å². The lowest BCUT2D eigenvalue weighted by atomic mass is 10.3. The van der Waals surface area contributed by atoms with E-state index in [0.29, 0.717) is 6.61 Å². The average Bonchev–Trinajstić information content (AvgIpc) is 2.76. The number of hydrogen-bond acceptors (Lipinski definition) is 3. The first kappa shape index (κ1) is 14.1. The Morgan fingerprint density at radius 1 is 1.17 bits per heavy atom. The standard InChI is InChI=1S/C13H13Br2NOS/c1-16-7-10-3-4-11(18-10)8-17-13-5-2-9(14)6-12(13)15/h2-6,16H,7-8H2,1H3. The quantitative estimate of drug-likeness (QED) is 0.807. The Balaban J connectivity index is 1.97. The van der Waals surface area contributed by atoms with Gasteiger partial charge < -0.3 is 10.1 Å². The maximum atomic E-state index is 5.79. The van der Waals surface area contributed by atoms with Gasteiger partial charge in [-0.25, -0.2) is 0 Å². The van der Waals surface area contributed by atoms with E-state index in [1.165, 1.54) is 9.75 Å². The molecule has 5 heteroatoms. The summed E-state index contributed by atoms with van der Waals surface area (Å²) in [6.07, 6.45) is 0. The van der Waals surface area contributed by atoms with Gasteiger partial charge in [-0.05, 0) is 53.3 Å². The molecule has 0 saturated heterocycles. The summed E-state index contributed by atoms with van der Waals surface area (Å²) in [6.45, 7) is 1.52. The highest BCUT2D eigenvalue weighted by atomic mass is 79.9. The molecule has 0 atom stereocenters. The van der Waals surface area contributed by atoms with Gasteiger partial charge in [-0.1, -0.05) is 15.9 Å². The number of thiophene rings is 1. The maximum Gasteiger partial charge on any atom is 0.134 e. The van der Waals surface area contributed by atoms with Crippen molar-refractivity contribution in [3.8, 4) is 5.75 Å². The summed E-state index contributed by atoms with van der Waals surface area (Å²) in [5, 5.41) is 3.14. The zero-order chi connectivity index (χ0) is 13.0. The molecule has 0 aliphatic carbocycles. The van der Waals surface area contributed by atoms with Gasteiger partial charge >= 0.3 is 0 Å². The van der Waals surface area contributed by atoms with E-state index in [1.54, 1.807) is 11.3 Å². The van der Waals surface area contributed by atoms with E-state index < -0.39 is 0 Å². The Morgan fingerprint density at radius 2 is 1.94 bits per heavy atom. The highest BCUT2D eigenvalue weighted by molar-refractivity contribution is 9.11. The minimum absolute atomic E-state index is 0.606. The highest BCUT2D eigenvalue weighted by Crippen LogP contribution is 2.29. The van der Waals surface area contributed by atoms with Gasteiger partial charge in [-0.2, -0.15) is 0 Å². The second-order valence-electron chi connectivity index (χ2n) is 3.76. The molecule has 0 amide bonds. The predicted molar refractivity (Wildman–Crippen MR) is 83.3 cm³/mol. The molecule has 0 unspecified atom stereocenters. The van der Waals surface area contributed by atoms with E-state index in [4.69, 9.17) is 4.74 Å². The Kier molecular flexibility index (Phi) is 5.24. The SMILES string of the molecule is CNCc1ccc(COc2ccc(Br)cc2Br)s1. The first-order chi connectivity index (χ1) is 8.69. The molecule has 0 bridgehead atoms. The van der Waals surface area contributed by atoms with E-state index >= 15 is 0 Å². The van der Waals surface area contributed by atoms with Crippen molar-refractivity contribution in [3.63, 3.8) is 0 Å². The molecule has 0 fully saturated rings. The molecule has 2 aromatic rings. The van der Waals surface area contributed by atoms with E-state index in [9.17, 15) is 0 Å². The third-order valence-corrected chi connectivity index (χ3v) is 4.50. The third-order valence-electron chi connectivity index (χ3n) is 2.33. The van der Waals surface area contributed by atoms with Crippen LogP contribution in [-0.2, 0) is 13.2 Å². The van der Waals surface area contributed by atoms with Crippen molar-refractivity contribution in [1.29, 1.82) is 0 Å². The predicted octanol–water partition coefficient (Wildman–Crippen LogP) is 4.57. The summed E-state index contributed by atoms with van der Waals surface area (Å²) in [4.78, 5) is 2.56. The number of benzene rings is 1. The molecular formula is C13H13Br2NOS. The van der Waals surface area contributed by atoms with Crippen LogP contribution in [0.4, 0.5) is 0 Å². The van der Waals surface area contributed by atoms with Crippen LogP contribution in [0.25, 0.3) is 0 Å². The minimum Gasteiger partial charge on any atom is -0.487 e. The van der Waals surface area contributed by atoms with Crippen LogP contribution in [0, 0.1) is 0 Å². The molecule has 96 valence electrons. The lowest BCUT2D eigenvalue weighted by Crippen LogP contribution is -2.02. The molecule has 1 aromatic carbocycles. The maximum absolute atomic E-state index is 5.79. The molecule has 2 nitrogen and oxygen atoms in total. The largest absolute Gasteiger partial charge is 0.487 e. The third kappa shape index (κ3) is 3.82. The monoisotopic (exact) mass is 389 g/mol. The topological polar surface area (TPSA) is 21.3 Å². The van der Waals surface area contributed by atoms with Crippen LogP contribution in [-0.4, -0.2) is 7.05 Å². The Labute approximate surface area is 128 Å². The van der Waals surface area contributed by atoms with Crippen molar-refractivity contribution >= 4 is 43.2 Å². The molecule has 0 aliphatic rings. The van der Waals surface area contributed by atoms with E-state index in [-0.39, 0.29) is 0 Å². The zero-order valence-corrected chi connectivity index (χ0v) is 13.9. The molecule has 18 heavy (non-hydrogen) atoms. The minimum atomic E-state index is 0.606.